The molecule has 0 aliphatic heterocycles. The summed E-state index contributed by atoms with van der Waals surface area (Å²) in [6.07, 6.45) is 2.39. The molecule has 0 saturated heterocycles. The highest BCUT2D eigenvalue weighted by molar-refractivity contribution is 4.53. The van der Waals surface area contributed by atoms with Gasteiger partial charge in [0.15, 0.2) is 0 Å². The maximum Gasteiger partial charge on any atom is 0.0616 e. The maximum absolute atomic E-state index is 5.36. The van der Waals surface area contributed by atoms with Gasteiger partial charge >= 0.3 is 0 Å². The lowest BCUT2D eigenvalue weighted by Gasteiger charge is -2.09. The monoisotopic (exact) mass is 145 g/mol. The Balaban J connectivity index is 2.89. The molecule has 0 heterocycles. The SMILES string of the molecule is CCCCOCC(C)NC. The van der Waals surface area contributed by atoms with Crippen molar-refractivity contribution in [2.75, 3.05) is 20.3 Å². The third-order valence-electron chi connectivity index (χ3n) is 1.50. The summed E-state index contributed by atoms with van der Waals surface area (Å²) in [5, 5.41) is 3.12. The van der Waals surface area contributed by atoms with Gasteiger partial charge in [-0.05, 0) is 20.4 Å². The number of likely N-dealkylation sites (N-methyl/N-ethyl adjacent to an activating group) is 1. The van der Waals surface area contributed by atoms with E-state index in [-0.39, 0.29) is 0 Å². The van der Waals surface area contributed by atoms with Gasteiger partial charge in [0.1, 0.15) is 0 Å². The van der Waals surface area contributed by atoms with Crippen LogP contribution in [0.2, 0.25) is 0 Å². The van der Waals surface area contributed by atoms with Crippen molar-refractivity contribution < 1.29 is 4.74 Å². The first-order valence-electron chi connectivity index (χ1n) is 4.06. The summed E-state index contributed by atoms with van der Waals surface area (Å²) in [6, 6.07) is 0.483. The first kappa shape index (κ1) is 9.92. The van der Waals surface area contributed by atoms with E-state index in [1.807, 2.05) is 7.05 Å². The van der Waals surface area contributed by atoms with Gasteiger partial charge in [-0.2, -0.15) is 0 Å². The number of rotatable bonds is 6. The minimum atomic E-state index is 0.483. The number of hydrogen-bond donors (Lipinski definition) is 1. The van der Waals surface area contributed by atoms with Crippen LogP contribution >= 0.6 is 0 Å². The Morgan fingerprint density at radius 2 is 2.20 bits per heavy atom. The van der Waals surface area contributed by atoms with Crippen molar-refractivity contribution >= 4 is 0 Å². The molecule has 0 aliphatic carbocycles. The topological polar surface area (TPSA) is 21.3 Å². The predicted octanol–water partition coefficient (Wildman–Crippen LogP) is 1.41. The number of nitrogens with one attached hydrogen (secondary N) is 1. The van der Waals surface area contributed by atoms with Crippen LogP contribution in [0.3, 0.4) is 0 Å². The van der Waals surface area contributed by atoms with Crippen LogP contribution in [0.1, 0.15) is 26.7 Å². The summed E-state index contributed by atoms with van der Waals surface area (Å²) in [6.45, 7) is 6.02. The lowest BCUT2D eigenvalue weighted by atomic mass is 10.3. The minimum absolute atomic E-state index is 0.483. The Hall–Kier alpha value is -0.0800. The molecule has 0 aromatic carbocycles. The second kappa shape index (κ2) is 7.03. The number of hydrogen-bond acceptors (Lipinski definition) is 2. The van der Waals surface area contributed by atoms with Crippen molar-refractivity contribution in [3.8, 4) is 0 Å². The molecule has 1 unspecified atom stereocenters. The molecule has 0 aromatic rings. The quantitative estimate of drug-likeness (QED) is 0.571. The highest BCUT2D eigenvalue weighted by Crippen LogP contribution is 1.89. The normalized spacial score (nSPS) is 13.5. The Bertz CT molecular complexity index is 66.3. The van der Waals surface area contributed by atoms with Crippen molar-refractivity contribution in [1.29, 1.82) is 0 Å². The lowest BCUT2D eigenvalue weighted by molar-refractivity contribution is 0.115. The zero-order valence-corrected chi connectivity index (χ0v) is 7.31. The van der Waals surface area contributed by atoms with Gasteiger partial charge in [-0.25, -0.2) is 0 Å². The van der Waals surface area contributed by atoms with Crippen LogP contribution in [-0.2, 0) is 4.74 Å². The first-order chi connectivity index (χ1) is 4.81. The minimum Gasteiger partial charge on any atom is -0.380 e. The number of unbranched alkanes of at least 4 members (excludes halogenated alkanes) is 1. The van der Waals surface area contributed by atoms with Gasteiger partial charge in [0, 0.05) is 12.6 Å². The standard InChI is InChI=1S/C8H19NO/c1-4-5-6-10-7-8(2)9-3/h8-9H,4-7H2,1-3H3. The van der Waals surface area contributed by atoms with E-state index in [0.717, 1.165) is 13.2 Å². The van der Waals surface area contributed by atoms with Crippen LogP contribution in [0.5, 0.6) is 0 Å². The van der Waals surface area contributed by atoms with Crippen LogP contribution < -0.4 is 5.32 Å². The Kier molecular flexibility index (Phi) is 6.98. The van der Waals surface area contributed by atoms with Crippen molar-refractivity contribution in [2.45, 2.75) is 32.7 Å². The number of ether oxygens (including phenoxy) is 1. The summed E-state index contributed by atoms with van der Waals surface area (Å²) < 4.78 is 5.36. The van der Waals surface area contributed by atoms with E-state index < -0.39 is 0 Å². The highest BCUT2D eigenvalue weighted by atomic mass is 16.5. The van der Waals surface area contributed by atoms with E-state index in [9.17, 15) is 0 Å². The molecule has 10 heavy (non-hydrogen) atoms. The average molecular weight is 145 g/mol. The third-order valence-corrected chi connectivity index (χ3v) is 1.50. The van der Waals surface area contributed by atoms with E-state index in [1.165, 1.54) is 12.8 Å². The third kappa shape index (κ3) is 6.05. The van der Waals surface area contributed by atoms with E-state index in [4.69, 9.17) is 4.74 Å². The van der Waals surface area contributed by atoms with Gasteiger partial charge in [-0.3, -0.25) is 0 Å². The van der Waals surface area contributed by atoms with E-state index in [2.05, 4.69) is 19.2 Å². The van der Waals surface area contributed by atoms with Crippen LogP contribution in [0.4, 0.5) is 0 Å². The Morgan fingerprint density at radius 1 is 1.50 bits per heavy atom. The zero-order valence-electron chi connectivity index (χ0n) is 7.31. The van der Waals surface area contributed by atoms with Gasteiger partial charge in [0.25, 0.3) is 0 Å². The summed E-state index contributed by atoms with van der Waals surface area (Å²) >= 11 is 0. The van der Waals surface area contributed by atoms with Crippen LogP contribution in [0.15, 0.2) is 0 Å². The van der Waals surface area contributed by atoms with Crippen LogP contribution in [0.25, 0.3) is 0 Å². The molecule has 62 valence electrons. The van der Waals surface area contributed by atoms with Crippen LogP contribution in [-0.4, -0.2) is 26.3 Å². The van der Waals surface area contributed by atoms with Gasteiger partial charge in [0.05, 0.1) is 6.61 Å². The second-order valence-electron chi connectivity index (χ2n) is 2.62. The lowest BCUT2D eigenvalue weighted by Crippen LogP contribution is -2.26. The maximum atomic E-state index is 5.36. The molecule has 1 atom stereocenters. The molecule has 0 fully saturated rings. The largest absolute Gasteiger partial charge is 0.380 e. The average Bonchev–Trinajstić information content (AvgIpc) is 1.98. The molecule has 0 aliphatic rings. The first-order valence-corrected chi connectivity index (χ1v) is 4.06. The molecule has 0 saturated carbocycles. The zero-order chi connectivity index (χ0) is 7.82. The molecular formula is C8H19NO. The van der Waals surface area contributed by atoms with Gasteiger partial charge < -0.3 is 10.1 Å². The van der Waals surface area contributed by atoms with Crippen molar-refractivity contribution in [3.63, 3.8) is 0 Å². The Morgan fingerprint density at radius 3 is 2.70 bits per heavy atom. The molecule has 2 heteroatoms. The fourth-order valence-corrected chi connectivity index (χ4v) is 0.590. The van der Waals surface area contributed by atoms with E-state index in [0.29, 0.717) is 6.04 Å². The molecule has 0 amide bonds. The summed E-state index contributed by atoms with van der Waals surface area (Å²) in [4.78, 5) is 0. The van der Waals surface area contributed by atoms with Gasteiger partial charge in [-0.1, -0.05) is 13.3 Å². The molecule has 0 bridgehead atoms. The molecule has 1 N–H and O–H groups in total. The summed E-state index contributed by atoms with van der Waals surface area (Å²) in [5.74, 6) is 0. The van der Waals surface area contributed by atoms with Crippen molar-refractivity contribution in [2.24, 2.45) is 0 Å². The molecule has 2 nitrogen and oxygen atoms in total. The smallest absolute Gasteiger partial charge is 0.0616 e. The van der Waals surface area contributed by atoms with E-state index in [1.54, 1.807) is 0 Å². The van der Waals surface area contributed by atoms with Crippen molar-refractivity contribution in [3.05, 3.63) is 0 Å². The molecular weight excluding hydrogens is 126 g/mol. The fraction of sp³-hybridized carbons (Fsp3) is 1.00. The fourth-order valence-electron chi connectivity index (χ4n) is 0.590. The molecule has 0 aromatic heterocycles. The molecule has 0 spiro atoms. The summed E-state index contributed by atoms with van der Waals surface area (Å²) in [7, 11) is 1.95. The highest BCUT2D eigenvalue weighted by Gasteiger charge is 1.95. The predicted molar refractivity (Wildman–Crippen MR) is 44.2 cm³/mol. The van der Waals surface area contributed by atoms with E-state index >= 15 is 0 Å². The van der Waals surface area contributed by atoms with Gasteiger partial charge in [0.2, 0.25) is 0 Å². The molecule has 0 rings (SSSR count). The van der Waals surface area contributed by atoms with Crippen LogP contribution in [0, 0.1) is 0 Å². The molecule has 0 radical (unpaired) electrons. The second-order valence-corrected chi connectivity index (χ2v) is 2.62. The van der Waals surface area contributed by atoms with Crippen molar-refractivity contribution in [1.82, 2.24) is 5.32 Å². The Labute approximate surface area is 64.0 Å². The van der Waals surface area contributed by atoms with Gasteiger partial charge in [-0.15, -0.1) is 0 Å². The summed E-state index contributed by atoms with van der Waals surface area (Å²) in [5.41, 5.74) is 0.